The number of aliphatic hydroxyl groups excluding tert-OH is 1. The molecule has 0 spiro atoms. The van der Waals surface area contributed by atoms with E-state index in [1.165, 1.54) is 19.2 Å². The summed E-state index contributed by atoms with van der Waals surface area (Å²) >= 11 is 0. The van der Waals surface area contributed by atoms with E-state index in [1.54, 1.807) is 49.4 Å². The molecule has 6 nitrogen and oxygen atoms in total. The van der Waals surface area contributed by atoms with Crippen molar-refractivity contribution in [3.63, 3.8) is 0 Å². The first kappa shape index (κ1) is 25.8. The Bertz CT molecular complexity index is 1400. The van der Waals surface area contributed by atoms with Gasteiger partial charge in [0, 0.05) is 31.0 Å². The summed E-state index contributed by atoms with van der Waals surface area (Å²) in [7, 11) is 5.19. The van der Waals surface area contributed by atoms with Crippen LogP contribution in [-0.4, -0.2) is 38.0 Å². The lowest BCUT2D eigenvalue weighted by atomic mass is 9.94. The van der Waals surface area contributed by atoms with E-state index in [2.05, 4.69) is 0 Å². The molecule has 3 aromatic carbocycles. The van der Waals surface area contributed by atoms with E-state index >= 15 is 0 Å². The van der Waals surface area contributed by atoms with Gasteiger partial charge in [-0.1, -0.05) is 18.2 Å². The summed E-state index contributed by atoms with van der Waals surface area (Å²) in [5.74, 6) is -1.89. The number of carbonyl (C=O) groups is 2. The van der Waals surface area contributed by atoms with Crippen LogP contribution < -0.4 is 14.5 Å². The maximum Gasteiger partial charge on any atom is 0.416 e. The second kappa shape index (κ2) is 9.65. The van der Waals surface area contributed by atoms with Crippen LogP contribution in [0.5, 0.6) is 5.75 Å². The smallest absolute Gasteiger partial charge is 0.416 e. The predicted molar refractivity (Wildman–Crippen MR) is 135 cm³/mol. The van der Waals surface area contributed by atoms with Crippen LogP contribution >= 0.6 is 0 Å². The molecule has 1 amide bonds. The number of hydrogen-bond donors (Lipinski definition) is 1. The Hall–Kier alpha value is -4.27. The number of benzene rings is 3. The minimum atomic E-state index is -4.65. The predicted octanol–water partition coefficient (Wildman–Crippen LogP) is 5.71. The molecule has 1 atom stereocenters. The van der Waals surface area contributed by atoms with Gasteiger partial charge in [0.25, 0.3) is 11.7 Å². The van der Waals surface area contributed by atoms with Gasteiger partial charge in [0.1, 0.15) is 11.5 Å². The molecule has 1 saturated heterocycles. The Morgan fingerprint density at radius 1 is 1.00 bits per heavy atom. The fraction of sp³-hybridized carbons (Fsp3) is 0.214. The van der Waals surface area contributed by atoms with Gasteiger partial charge in [-0.05, 0) is 66.6 Å². The quantitative estimate of drug-likeness (QED) is 0.270. The highest BCUT2D eigenvalue weighted by Gasteiger charge is 2.47. The van der Waals surface area contributed by atoms with E-state index in [1.807, 2.05) is 19.0 Å². The number of aliphatic hydroxyl groups is 1. The van der Waals surface area contributed by atoms with Crippen molar-refractivity contribution in [3.8, 4) is 5.75 Å². The van der Waals surface area contributed by atoms with E-state index in [-0.39, 0.29) is 16.8 Å². The third-order valence-electron chi connectivity index (χ3n) is 6.29. The molecule has 0 bridgehead atoms. The summed E-state index contributed by atoms with van der Waals surface area (Å²) in [5.41, 5.74) is 0.966. The molecule has 192 valence electrons. The molecule has 1 unspecified atom stereocenters. The summed E-state index contributed by atoms with van der Waals surface area (Å²) in [6.45, 7) is 1.76. The van der Waals surface area contributed by atoms with Gasteiger partial charge >= 0.3 is 6.18 Å². The normalized spacial score (nSPS) is 17.3. The Kier molecular flexibility index (Phi) is 6.73. The molecule has 9 heteroatoms. The van der Waals surface area contributed by atoms with Gasteiger partial charge in [-0.25, -0.2) is 0 Å². The largest absolute Gasteiger partial charge is 0.507 e. The van der Waals surface area contributed by atoms with Gasteiger partial charge in [-0.15, -0.1) is 0 Å². The minimum absolute atomic E-state index is 0.108. The fourth-order valence-corrected chi connectivity index (χ4v) is 4.38. The zero-order valence-corrected chi connectivity index (χ0v) is 20.6. The Balaban J connectivity index is 1.94. The summed E-state index contributed by atoms with van der Waals surface area (Å²) < 4.78 is 45.6. The maximum atomic E-state index is 13.5. The molecule has 1 aliphatic heterocycles. The average molecular weight is 511 g/mol. The number of ketones is 1. The van der Waals surface area contributed by atoms with Crippen LogP contribution in [0.15, 0.2) is 72.3 Å². The second-order valence-electron chi connectivity index (χ2n) is 8.89. The third-order valence-corrected chi connectivity index (χ3v) is 6.29. The molecule has 37 heavy (non-hydrogen) atoms. The summed E-state index contributed by atoms with van der Waals surface area (Å²) in [5, 5.41) is 11.3. The first-order valence-electron chi connectivity index (χ1n) is 11.3. The van der Waals surface area contributed by atoms with Crippen molar-refractivity contribution in [1.29, 1.82) is 0 Å². The molecule has 4 rings (SSSR count). The molecule has 0 aliphatic carbocycles. The molecular weight excluding hydrogens is 485 g/mol. The van der Waals surface area contributed by atoms with Crippen LogP contribution in [0.2, 0.25) is 0 Å². The molecular formula is C28H25F3N2O4. The van der Waals surface area contributed by atoms with Gasteiger partial charge in [0.05, 0.1) is 24.3 Å². The Morgan fingerprint density at radius 2 is 1.68 bits per heavy atom. The number of carbonyl (C=O) groups excluding carboxylic acids is 2. The molecule has 0 radical (unpaired) electrons. The van der Waals surface area contributed by atoms with Crippen molar-refractivity contribution in [2.24, 2.45) is 0 Å². The minimum Gasteiger partial charge on any atom is -0.507 e. The third kappa shape index (κ3) is 4.76. The van der Waals surface area contributed by atoms with Crippen molar-refractivity contribution in [2.45, 2.75) is 19.1 Å². The zero-order valence-electron chi connectivity index (χ0n) is 20.6. The van der Waals surface area contributed by atoms with Gasteiger partial charge < -0.3 is 14.7 Å². The highest BCUT2D eigenvalue weighted by atomic mass is 19.4. The van der Waals surface area contributed by atoms with Crippen molar-refractivity contribution in [2.75, 3.05) is 31.0 Å². The van der Waals surface area contributed by atoms with Gasteiger partial charge in [-0.3, -0.25) is 14.5 Å². The highest BCUT2D eigenvalue weighted by Crippen LogP contribution is 2.44. The van der Waals surface area contributed by atoms with Crippen molar-refractivity contribution >= 4 is 28.8 Å². The van der Waals surface area contributed by atoms with Crippen molar-refractivity contribution in [1.82, 2.24) is 0 Å². The monoisotopic (exact) mass is 510 g/mol. The number of amides is 1. The van der Waals surface area contributed by atoms with E-state index in [9.17, 15) is 27.9 Å². The second-order valence-corrected chi connectivity index (χ2v) is 8.89. The molecule has 1 fully saturated rings. The van der Waals surface area contributed by atoms with Crippen LogP contribution in [-0.2, 0) is 15.8 Å². The summed E-state index contributed by atoms with van der Waals surface area (Å²) in [4.78, 5) is 29.4. The number of aryl methyl sites for hydroxylation is 1. The molecule has 0 aromatic heterocycles. The number of methoxy groups -OCH3 is 1. The number of halogens is 3. The Labute approximate surface area is 212 Å². The van der Waals surface area contributed by atoms with Gasteiger partial charge in [-0.2, -0.15) is 13.2 Å². The highest BCUT2D eigenvalue weighted by molar-refractivity contribution is 6.51. The number of nitrogens with zero attached hydrogens (tertiary/aromatic N) is 2. The van der Waals surface area contributed by atoms with Gasteiger partial charge in [0.15, 0.2) is 0 Å². The van der Waals surface area contributed by atoms with E-state index in [0.717, 1.165) is 22.7 Å². The Morgan fingerprint density at radius 3 is 2.24 bits per heavy atom. The fourth-order valence-electron chi connectivity index (χ4n) is 4.38. The number of rotatable bonds is 5. The topological polar surface area (TPSA) is 70.1 Å². The number of ether oxygens (including phenoxy) is 1. The summed E-state index contributed by atoms with van der Waals surface area (Å²) in [6, 6.07) is 14.7. The SMILES string of the molecule is COc1ccc(/C(O)=C2\C(=O)C(=O)N(c3cccc(C(F)(F)F)c3)C2c2ccc(N(C)C)cc2)cc1C. The van der Waals surface area contributed by atoms with Gasteiger partial charge in [0.2, 0.25) is 0 Å². The molecule has 3 aromatic rings. The zero-order chi connectivity index (χ0) is 27.1. The van der Waals surface area contributed by atoms with Crippen LogP contribution in [0.3, 0.4) is 0 Å². The molecule has 1 aliphatic rings. The lowest BCUT2D eigenvalue weighted by Gasteiger charge is -2.26. The number of Topliss-reactive ketones (excluding diaryl/α,β-unsaturated/α-hetero) is 1. The molecule has 0 saturated carbocycles. The van der Waals surface area contributed by atoms with Crippen LogP contribution in [0.25, 0.3) is 5.76 Å². The van der Waals surface area contributed by atoms with Crippen molar-refractivity contribution in [3.05, 3.63) is 94.6 Å². The number of anilines is 2. The first-order valence-corrected chi connectivity index (χ1v) is 11.3. The van der Waals surface area contributed by atoms with Crippen LogP contribution in [0.4, 0.5) is 24.5 Å². The van der Waals surface area contributed by atoms with E-state index in [0.29, 0.717) is 16.9 Å². The van der Waals surface area contributed by atoms with Crippen LogP contribution in [0.1, 0.15) is 28.3 Å². The first-order chi connectivity index (χ1) is 17.4. The average Bonchev–Trinajstić information content (AvgIpc) is 3.13. The standard InChI is InChI=1S/C28H25F3N2O4/c1-16-14-18(10-13-22(16)37-4)25(34)23-24(17-8-11-20(12-9-17)32(2)3)33(27(36)26(23)35)21-7-5-6-19(15-21)28(29,30)31/h5-15,24,34H,1-4H3/b25-23+. The summed E-state index contributed by atoms with van der Waals surface area (Å²) in [6.07, 6.45) is -4.65. The van der Waals surface area contributed by atoms with E-state index in [4.69, 9.17) is 4.74 Å². The lowest BCUT2D eigenvalue weighted by molar-refractivity contribution is -0.137. The molecule has 1 N–H and O–H groups in total. The number of hydrogen-bond acceptors (Lipinski definition) is 5. The lowest BCUT2D eigenvalue weighted by Crippen LogP contribution is -2.29. The van der Waals surface area contributed by atoms with Crippen LogP contribution in [0, 0.1) is 6.92 Å². The maximum absolute atomic E-state index is 13.5. The van der Waals surface area contributed by atoms with E-state index < -0.39 is 35.2 Å². The molecule has 1 heterocycles. The van der Waals surface area contributed by atoms with Crippen molar-refractivity contribution < 1.29 is 32.6 Å². The number of alkyl halides is 3.